The van der Waals surface area contributed by atoms with Crippen molar-refractivity contribution in [1.29, 1.82) is 0 Å². The fourth-order valence-corrected chi connectivity index (χ4v) is 4.82. The summed E-state index contributed by atoms with van der Waals surface area (Å²) in [5, 5.41) is 12.5. The number of imidazole rings is 1. The van der Waals surface area contributed by atoms with Gasteiger partial charge in [0.1, 0.15) is 11.2 Å². The van der Waals surface area contributed by atoms with Crippen molar-refractivity contribution in [3.8, 4) is 22.0 Å². The number of carbonyl (C=O) groups is 1. The van der Waals surface area contributed by atoms with Crippen LogP contribution in [0, 0.1) is 0 Å². The molecule has 1 aliphatic heterocycles. The number of nitrogens with one attached hydrogen (secondary N) is 3. The van der Waals surface area contributed by atoms with Gasteiger partial charge in [-0.25, -0.2) is 4.98 Å². The van der Waals surface area contributed by atoms with Crippen molar-refractivity contribution < 1.29 is 4.79 Å². The molecule has 0 unspecified atom stereocenters. The standard InChI is InChI=1S/C25H24N6OS/c1-14(17-8-10-26-11-9-17)4-5-19-15(2)23(31-30-19)25-28-20-13-27-12-18(24(20)29-25)22-7-6-21(33-22)16(3)32/h4-8,12-13,26,30H,2,9-11H2,1,3H3,(H,28,29)/b14-4+,19-5+. The molecule has 1 aliphatic rings. The minimum Gasteiger partial charge on any atom is -0.335 e. The van der Waals surface area contributed by atoms with Gasteiger partial charge < -0.3 is 10.3 Å². The monoisotopic (exact) mass is 456 g/mol. The quantitative estimate of drug-likeness (QED) is 0.400. The number of ketones is 1. The number of allylic oxidation sites excluding steroid dienone is 2. The van der Waals surface area contributed by atoms with E-state index in [2.05, 4.69) is 51.1 Å². The summed E-state index contributed by atoms with van der Waals surface area (Å²) < 4.78 is 0. The van der Waals surface area contributed by atoms with Crippen LogP contribution in [0.15, 0.2) is 47.8 Å². The number of pyridine rings is 1. The highest BCUT2D eigenvalue weighted by Gasteiger charge is 2.15. The summed E-state index contributed by atoms with van der Waals surface area (Å²) in [6, 6.07) is 3.78. The number of fused-ring (bicyclic) bond motifs is 1. The molecular formula is C25H24N6OS. The molecule has 0 saturated carbocycles. The van der Waals surface area contributed by atoms with Gasteiger partial charge in [0.25, 0.3) is 0 Å². The Balaban J connectivity index is 1.51. The average Bonchev–Trinajstić information content (AvgIpc) is 3.56. The summed E-state index contributed by atoms with van der Waals surface area (Å²) in [5.74, 6) is 0.682. The highest BCUT2D eigenvalue weighted by molar-refractivity contribution is 7.17. The number of hydrogen-bond donors (Lipinski definition) is 3. The number of thiophene rings is 1. The molecule has 0 spiro atoms. The third-order valence-corrected chi connectivity index (χ3v) is 7.03. The minimum atomic E-state index is 0.0526. The topological polar surface area (TPSA) is 99.3 Å². The summed E-state index contributed by atoms with van der Waals surface area (Å²) in [5.41, 5.74) is 5.77. The van der Waals surface area contributed by atoms with E-state index >= 15 is 0 Å². The van der Waals surface area contributed by atoms with Crippen LogP contribution in [0.5, 0.6) is 0 Å². The number of carbonyl (C=O) groups excluding carboxylic acids is 1. The van der Waals surface area contributed by atoms with E-state index in [0.717, 1.165) is 51.6 Å². The van der Waals surface area contributed by atoms with Crippen LogP contribution in [0.4, 0.5) is 0 Å². The van der Waals surface area contributed by atoms with E-state index in [1.165, 1.54) is 22.5 Å². The first kappa shape index (κ1) is 21.2. The summed E-state index contributed by atoms with van der Waals surface area (Å²) in [6.45, 7) is 9.86. The van der Waals surface area contributed by atoms with Crippen LogP contribution in [0.25, 0.3) is 45.6 Å². The Hall–Kier alpha value is -3.62. The molecule has 4 aromatic rings. The van der Waals surface area contributed by atoms with Crippen LogP contribution < -0.4 is 15.9 Å². The molecular weight excluding hydrogens is 432 g/mol. The molecule has 0 fully saturated rings. The molecule has 166 valence electrons. The summed E-state index contributed by atoms with van der Waals surface area (Å²) in [7, 11) is 0. The van der Waals surface area contributed by atoms with Crippen molar-refractivity contribution in [2.45, 2.75) is 20.3 Å². The van der Waals surface area contributed by atoms with Crippen molar-refractivity contribution >= 4 is 40.8 Å². The fourth-order valence-electron chi connectivity index (χ4n) is 3.91. The molecule has 0 bridgehead atoms. The Morgan fingerprint density at radius 1 is 1.24 bits per heavy atom. The summed E-state index contributed by atoms with van der Waals surface area (Å²) in [4.78, 5) is 25.9. The van der Waals surface area contributed by atoms with E-state index in [0.29, 0.717) is 16.4 Å². The van der Waals surface area contributed by atoms with Gasteiger partial charge in [0, 0.05) is 28.4 Å². The predicted octanol–water partition coefficient (Wildman–Crippen LogP) is 3.34. The number of hydrogen-bond acceptors (Lipinski definition) is 6. The first-order chi connectivity index (χ1) is 16.0. The first-order valence-corrected chi connectivity index (χ1v) is 11.6. The number of aromatic amines is 2. The Morgan fingerprint density at radius 2 is 2.12 bits per heavy atom. The first-order valence-electron chi connectivity index (χ1n) is 10.8. The molecule has 3 N–H and O–H groups in total. The van der Waals surface area contributed by atoms with Crippen LogP contribution in [0.2, 0.25) is 0 Å². The molecule has 0 aliphatic carbocycles. The number of H-pyrrole nitrogens is 2. The molecule has 0 aromatic carbocycles. The molecule has 5 heterocycles. The second-order valence-corrected chi connectivity index (χ2v) is 9.14. The van der Waals surface area contributed by atoms with Crippen molar-refractivity contribution in [1.82, 2.24) is 30.5 Å². The Kier molecular flexibility index (Phi) is 5.62. The van der Waals surface area contributed by atoms with Gasteiger partial charge in [-0.3, -0.25) is 14.9 Å². The molecule has 8 heteroatoms. The van der Waals surface area contributed by atoms with Crippen molar-refractivity contribution in [3.05, 3.63) is 63.3 Å². The zero-order valence-corrected chi connectivity index (χ0v) is 19.3. The van der Waals surface area contributed by atoms with E-state index in [-0.39, 0.29) is 5.78 Å². The predicted molar refractivity (Wildman–Crippen MR) is 133 cm³/mol. The lowest BCUT2D eigenvalue weighted by molar-refractivity contribution is 0.102. The maximum absolute atomic E-state index is 11.7. The zero-order chi connectivity index (χ0) is 22.9. The largest absolute Gasteiger partial charge is 0.335 e. The van der Waals surface area contributed by atoms with Gasteiger partial charge in [-0.15, -0.1) is 11.3 Å². The smallest absolute Gasteiger partial charge is 0.169 e. The van der Waals surface area contributed by atoms with Gasteiger partial charge in [0.15, 0.2) is 11.6 Å². The van der Waals surface area contributed by atoms with Crippen LogP contribution in [-0.2, 0) is 0 Å². The van der Waals surface area contributed by atoms with E-state index in [4.69, 9.17) is 4.98 Å². The second-order valence-electron chi connectivity index (χ2n) is 8.05. The lowest BCUT2D eigenvalue weighted by atomic mass is 10.0. The SMILES string of the molecule is C=c1c(-c2nc3c(-c4ccc(C(C)=O)s4)cncc3[nH]2)n[nH]/c1=C/C=C(\C)C1=CCNCC1. The van der Waals surface area contributed by atoms with Gasteiger partial charge in [0.05, 0.1) is 21.9 Å². The van der Waals surface area contributed by atoms with Crippen LogP contribution in [0.3, 0.4) is 0 Å². The van der Waals surface area contributed by atoms with Crippen molar-refractivity contribution in [2.24, 2.45) is 0 Å². The van der Waals surface area contributed by atoms with E-state index in [9.17, 15) is 4.79 Å². The zero-order valence-electron chi connectivity index (χ0n) is 18.5. The van der Waals surface area contributed by atoms with Gasteiger partial charge >= 0.3 is 0 Å². The summed E-state index contributed by atoms with van der Waals surface area (Å²) >= 11 is 1.44. The molecule has 0 saturated heterocycles. The lowest BCUT2D eigenvalue weighted by Gasteiger charge is -2.13. The molecule has 0 atom stereocenters. The van der Waals surface area contributed by atoms with Crippen molar-refractivity contribution in [3.63, 3.8) is 0 Å². The normalized spacial score (nSPS) is 15.3. The number of rotatable bonds is 5. The van der Waals surface area contributed by atoms with Crippen LogP contribution in [-0.4, -0.2) is 44.0 Å². The molecule has 33 heavy (non-hydrogen) atoms. The van der Waals surface area contributed by atoms with E-state index in [1.54, 1.807) is 19.3 Å². The molecule has 5 rings (SSSR count). The number of aromatic nitrogens is 5. The van der Waals surface area contributed by atoms with Crippen LogP contribution >= 0.6 is 11.3 Å². The third kappa shape index (κ3) is 4.10. The van der Waals surface area contributed by atoms with Gasteiger partial charge in [-0.05, 0) is 56.2 Å². The minimum absolute atomic E-state index is 0.0526. The fraction of sp³-hybridized carbons (Fsp3) is 0.200. The maximum atomic E-state index is 11.7. The molecule has 7 nitrogen and oxygen atoms in total. The Labute approximate surface area is 194 Å². The number of nitrogens with zero attached hydrogens (tertiary/aromatic N) is 3. The van der Waals surface area contributed by atoms with Gasteiger partial charge in [0.2, 0.25) is 0 Å². The highest BCUT2D eigenvalue weighted by Crippen LogP contribution is 2.33. The third-order valence-electron chi connectivity index (χ3n) is 5.81. The van der Waals surface area contributed by atoms with Gasteiger partial charge in [-0.1, -0.05) is 18.7 Å². The average molecular weight is 457 g/mol. The maximum Gasteiger partial charge on any atom is 0.169 e. The number of Topliss-reactive ketones (excluding diaryl/α,β-unsaturated/α-hetero) is 1. The van der Waals surface area contributed by atoms with Crippen molar-refractivity contribution in [2.75, 3.05) is 13.1 Å². The molecule has 0 amide bonds. The second kappa shape index (κ2) is 8.73. The highest BCUT2D eigenvalue weighted by atomic mass is 32.1. The molecule has 0 radical (unpaired) electrons. The lowest BCUT2D eigenvalue weighted by Crippen LogP contribution is -2.22. The van der Waals surface area contributed by atoms with Crippen LogP contribution in [0.1, 0.15) is 29.9 Å². The summed E-state index contributed by atoms with van der Waals surface area (Å²) in [6.07, 6.45) is 10.9. The van der Waals surface area contributed by atoms with E-state index < -0.39 is 0 Å². The Morgan fingerprint density at radius 3 is 2.88 bits per heavy atom. The van der Waals surface area contributed by atoms with E-state index in [1.807, 2.05) is 18.2 Å². The Bertz CT molecular complexity index is 1530. The molecule has 4 aromatic heterocycles. The van der Waals surface area contributed by atoms with Gasteiger partial charge in [-0.2, -0.15) is 5.10 Å².